The predicted octanol–water partition coefficient (Wildman–Crippen LogP) is 1.13. The van der Waals surface area contributed by atoms with Crippen LogP contribution in [0, 0.1) is 0 Å². The van der Waals surface area contributed by atoms with E-state index in [1.54, 1.807) is 13.0 Å². The van der Waals surface area contributed by atoms with Crippen molar-refractivity contribution in [2.45, 2.75) is 19.4 Å². The van der Waals surface area contributed by atoms with Gasteiger partial charge in [0.2, 0.25) is 0 Å². The molecule has 90 valence electrons. The normalized spacial score (nSPS) is 12.8. The van der Waals surface area contributed by atoms with Gasteiger partial charge < -0.3 is 19.7 Å². The maximum absolute atomic E-state index is 11.6. The summed E-state index contributed by atoms with van der Waals surface area (Å²) in [6.07, 6.45) is -0.409. The Bertz CT molecular complexity index is 612. The molecule has 0 aliphatic carbocycles. The minimum Gasteiger partial charge on any atom is -0.504 e. The standard InChI is InChI=1S/C12H12O5/c1-6(13)2-8-3-7-4-10(14)11(15)5-9(7)12(16)17-8/h3-6,13-15H,2H2,1H3/t6-/m0/s1. The average molecular weight is 236 g/mol. The molecule has 0 amide bonds. The predicted molar refractivity (Wildman–Crippen MR) is 61.2 cm³/mol. The third-order valence-corrected chi connectivity index (χ3v) is 2.40. The van der Waals surface area contributed by atoms with Gasteiger partial charge in [-0.05, 0) is 30.5 Å². The lowest BCUT2D eigenvalue weighted by Gasteiger charge is -2.05. The van der Waals surface area contributed by atoms with E-state index >= 15 is 0 Å². The lowest BCUT2D eigenvalue weighted by atomic mass is 10.1. The maximum Gasteiger partial charge on any atom is 0.343 e. The van der Waals surface area contributed by atoms with Gasteiger partial charge in [0.1, 0.15) is 5.76 Å². The van der Waals surface area contributed by atoms with E-state index in [1.165, 1.54) is 6.07 Å². The van der Waals surface area contributed by atoms with Crippen molar-refractivity contribution in [3.05, 3.63) is 34.4 Å². The van der Waals surface area contributed by atoms with Crippen molar-refractivity contribution in [2.24, 2.45) is 0 Å². The highest BCUT2D eigenvalue weighted by molar-refractivity contribution is 5.84. The maximum atomic E-state index is 11.6. The summed E-state index contributed by atoms with van der Waals surface area (Å²) in [5.74, 6) is -0.332. The molecule has 0 fully saturated rings. The molecule has 0 aliphatic heterocycles. The molecule has 5 nitrogen and oxygen atoms in total. The quantitative estimate of drug-likeness (QED) is 0.680. The largest absolute Gasteiger partial charge is 0.504 e. The van der Waals surface area contributed by atoms with Gasteiger partial charge >= 0.3 is 5.63 Å². The van der Waals surface area contributed by atoms with Crippen LogP contribution in [0.1, 0.15) is 12.7 Å². The molecular formula is C12H12O5. The lowest BCUT2D eigenvalue weighted by molar-refractivity contribution is 0.186. The molecule has 0 radical (unpaired) electrons. The second kappa shape index (κ2) is 4.10. The van der Waals surface area contributed by atoms with Gasteiger partial charge in [0, 0.05) is 6.42 Å². The van der Waals surface area contributed by atoms with Crippen molar-refractivity contribution in [3.63, 3.8) is 0 Å². The molecule has 0 saturated carbocycles. The Morgan fingerprint density at radius 3 is 2.53 bits per heavy atom. The molecule has 2 aromatic rings. The summed E-state index contributed by atoms with van der Waals surface area (Å²) in [6.45, 7) is 1.58. The minimum absolute atomic E-state index is 0.189. The summed E-state index contributed by atoms with van der Waals surface area (Å²) in [4.78, 5) is 11.6. The highest BCUT2D eigenvalue weighted by Gasteiger charge is 2.10. The van der Waals surface area contributed by atoms with Gasteiger partial charge in [-0.15, -0.1) is 0 Å². The van der Waals surface area contributed by atoms with E-state index < -0.39 is 11.7 Å². The second-order valence-corrected chi connectivity index (χ2v) is 3.98. The van der Waals surface area contributed by atoms with Crippen molar-refractivity contribution in [1.29, 1.82) is 0 Å². The van der Waals surface area contributed by atoms with Crippen LogP contribution < -0.4 is 5.63 Å². The van der Waals surface area contributed by atoms with Crippen LogP contribution in [0.4, 0.5) is 0 Å². The van der Waals surface area contributed by atoms with E-state index in [2.05, 4.69) is 0 Å². The lowest BCUT2D eigenvalue weighted by Crippen LogP contribution is -2.08. The van der Waals surface area contributed by atoms with Crippen LogP contribution in [-0.2, 0) is 6.42 Å². The van der Waals surface area contributed by atoms with Gasteiger partial charge in [0.25, 0.3) is 0 Å². The second-order valence-electron chi connectivity index (χ2n) is 3.98. The fourth-order valence-electron chi connectivity index (χ4n) is 1.66. The fraction of sp³-hybridized carbons (Fsp3) is 0.250. The van der Waals surface area contributed by atoms with Gasteiger partial charge in [0.15, 0.2) is 11.5 Å². The molecule has 1 heterocycles. The van der Waals surface area contributed by atoms with Crippen LogP contribution >= 0.6 is 0 Å². The SMILES string of the molecule is C[C@H](O)Cc1cc2cc(O)c(O)cc2c(=O)o1. The number of phenolic OH excluding ortho intramolecular Hbond substituents is 2. The molecule has 0 bridgehead atoms. The number of aliphatic hydroxyl groups excluding tert-OH is 1. The first kappa shape index (κ1) is 11.5. The first-order chi connectivity index (χ1) is 7.97. The highest BCUT2D eigenvalue weighted by Crippen LogP contribution is 2.29. The van der Waals surface area contributed by atoms with Crippen molar-refractivity contribution in [1.82, 2.24) is 0 Å². The summed E-state index contributed by atoms with van der Waals surface area (Å²) in [5, 5.41) is 28.5. The Kier molecular flexibility index (Phi) is 2.77. The van der Waals surface area contributed by atoms with Crippen molar-refractivity contribution < 1.29 is 19.7 Å². The molecular weight excluding hydrogens is 224 g/mol. The minimum atomic E-state index is -0.624. The number of hydrogen-bond acceptors (Lipinski definition) is 5. The zero-order chi connectivity index (χ0) is 12.6. The molecule has 1 atom stereocenters. The van der Waals surface area contributed by atoms with Crippen LogP contribution in [0.2, 0.25) is 0 Å². The van der Waals surface area contributed by atoms with E-state index in [-0.39, 0.29) is 23.3 Å². The van der Waals surface area contributed by atoms with Gasteiger partial charge in [-0.2, -0.15) is 0 Å². The smallest absolute Gasteiger partial charge is 0.343 e. The summed E-state index contributed by atoms with van der Waals surface area (Å²) < 4.78 is 4.99. The number of fused-ring (bicyclic) bond motifs is 1. The Morgan fingerprint density at radius 2 is 1.88 bits per heavy atom. The molecule has 0 aliphatic rings. The number of rotatable bonds is 2. The Balaban J connectivity index is 2.65. The molecule has 1 aromatic heterocycles. The first-order valence-corrected chi connectivity index (χ1v) is 5.14. The van der Waals surface area contributed by atoms with Crippen LogP contribution in [0.3, 0.4) is 0 Å². The molecule has 0 spiro atoms. The van der Waals surface area contributed by atoms with Crippen molar-refractivity contribution in [2.75, 3.05) is 0 Å². The monoisotopic (exact) mass is 236 g/mol. The third-order valence-electron chi connectivity index (χ3n) is 2.40. The molecule has 0 saturated heterocycles. The highest BCUT2D eigenvalue weighted by atomic mass is 16.4. The number of phenols is 2. The zero-order valence-corrected chi connectivity index (χ0v) is 9.17. The topological polar surface area (TPSA) is 90.9 Å². The van der Waals surface area contributed by atoms with Crippen LogP contribution in [0.15, 0.2) is 27.4 Å². The fourth-order valence-corrected chi connectivity index (χ4v) is 1.66. The van der Waals surface area contributed by atoms with Crippen molar-refractivity contribution >= 4 is 10.8 Å². The number of aromatic hydroxyl groups is 2. The van der Waals surface area contributed by atoms with Gasteiger partial charge in [-0.25, -0.2) is 4.79 Å². The van der Waals surface area contributed by atoms with Crippen LogP contribution in [-0.4, -0.2) is 21.4 Å². The van der Waals surface area contributed by atoms with E-state index in [9.17, 15) is 20.1 Å². The van der Waals surface area contributed by atoms with Gasteiger partial charge in [0.05, 0.1) is 11.5 Å². The van der Waals surface area contributed by atoms with E-state index in [0.717, 1.165) is 6.07 Å². The zero-order valence-electron chi connectivity index (χ0n) is 9.17. The number of hydrogen-bond donors (Lipinski definition) is 3. The third kappa shape index (κ3) is 2.24. The summed E-state index contributed by atoms with van der Waals surface area (Å²) in [5.41, 5.74) is -0.603. The summed E-state index contributed by atoms with van der Waals surface area (Å²) in [7, 11) is 0. The van der Waals surface area contributed by atoms with Gasteiger partial charge in [-0.1, -0.05) is 0 Å². The Morgan fingerprint density at radius 1 is 1.24 bits per heavy atom. The Hall–Kier alpha value is -2.01. The summed E-state index contributed by atoms with van der Waals surface area (Å²) in [6, 6.07) is 4.00. The first-order valence-electron chi connectivity index (χ1n) is 5.14. The summed E-state index contributed by atoms with van der Waals surface area (Å²) >= 11 is 0. The van der Waals surface area contributed by atoms with Crippen LogP contribution in [0.25, 0.3) is 10.8 Å². The molecule has 0 unspecified atom stereocenters. The number of benzene rings is 1. The van der Waals surface area contributed by atoms with Gasteiger partial charge in [-0.3, -0.25) is 0 Å². The Labute approximate surface area is 96.6 Å². The molecule has 2 rings (SSSR count). The van der Waals surface area contributed by atoms with E-state index in [1.807, 2.05) is 0 Å². The number of aliphatic hydroxyl groups is 1. The van der Waals surface area contributed by atoms with Crippen molar-refractivity contribution in [3.8, 4) is 11.5 Å². The van der Waals surface area contributed by atoms with E-state index in [4.69, 9.17) is 4.42 Å². The van der Waals surface area contributed by atoms with Crippen LogP contribution in [0.5, 0.6) is 11.5 Å². The van der Waals surface area contributed by atoms with E-state index in [0.29, 0.717) is 11.1 Å². The molecule has 17 heavy (non-hydrogen) atoms. The molecule has 3 N–H and O–H groups in total. The average Bonchev–Trinajstić information content (AvgIpc) is 2.20. The molecule has 1 aromatic carbocycles. The molecule has 5 heteroatoms.